The molecule has 3 heterocycles. The van der Waals surface area contributed by atoms with Crippen molar-refractivity contribution in [2.24, 2.45) is 0 Å². The SMILES string of the molecule is Cc1cc2nc3n(c(=O)c2n1CC(=O)O)CCCC3. The van der Waals surface area contributed by atoms with Gasteiger partial charge in [-0.25, -0.2) is 4.98 Å². The Morgan fingerprint density at radius 3 is 3.00 bits per heavy atom. The van der Waals surface area contributed by atoms with Crippen molar-refractivity contribution in [3.05, 3.63) is 27.9 Å². The minimum Gasteiger partial charge on any atom is -0.480 e. The van der Waals surface area contributed by atoms with E-state index < -0.39 is 5.97 Å². The first-order valence-electron chi connectivity index (χ1n) is 6.39. The van der Waals surface area contributed by atoms with Gasteiger partial charge in [-0.1, -0.05) is 0 Å². The predicted octanol–water partition coefficient (Wildman–Crippen LogP) is 0.927. The van der Waals surface area contributed by atoms with E-state index in [0.29, 0.717) is 17.6 Å². The third-order valence-electron chi connectivity index (χ3n) is 3.62. The van der Waals surface area contributed by atoms with Gasteiger partial charge in [-0.3, -0.25) is 14.2 Å². The Kier molecular flexibility index (Phi) is 2.66. The predicted molar refractivity (Wildman–Crippen MR) is 69.3 cm³/mol. The van der Waals surface area contributed by atoms with E-state index in [4.69, 9.17) is 5.11 Å². The number of hydrogen-bond acceptors (Lipinski definition) is 3. The van der Waals surface area contributed by atoms with Crippen molar-refractivity contribution in [2.45, 2.75) is 39.3 Å². The number of carboxylic acids is 1. The van der Waals surface area contributed by atoms with Gasteiger partial charge in [0.25, 0.3) is 5.56 Å². The normalized spacial score (nSPS) is 14.6. The first-order chi connectivity index (χ1) is 9.08. The number of fused-ring (bicyclic) bond motifs is 2. The molecule has 0 bridgehead atoms. The van der Waals surface area contributed by atoms with Crippen LogP contribution in [0.4, 0.5) is 0 Å². The monoisotopic (exact) mass is 261 g/mol. The molecule has 6 nitrogen and oxygen atoms in total. The Morgan fingerprint density at radius 1 is 1.47 bits per heavy atom. The summed E-state index contributed by atoms with van der Waals surface area (Å²) in [6, 6.07) is 1.79. The molecule has 0 fully saturated rings. The number of aryl methyl sites for hydroxylation is 2. The molecule has 2 aromatic rings. The van der Waals surface area contributed by atoms with Gasteiger partial charge >= 0.3 is 5.97 Å². The smallest absolute Gasteiger partial charge is 0.323 e. The number of carbonyl (C=O) groups is 1. The molecule has 0 saturated heterocycles. The van der Waals surface area contributed by atoms with Gasteiger partial charge in [0, 0.05) is 18.7 Å². The standard InChI is InChI=1S/C13H15N3O3/c1-8-6-9-12(16(8)7-11(17)18)13(19)15-5-3-2-4-10(15)14-9/h6H,2-5,7H2,1H3,(H,17,18). The quantitative estimate of drug-likeness (QED) is 0.872. The van der Waals surface area contributed by atoms with Crippen LogP contribution >= 0.6 is 0 Å². The first-order valence-corrected chi connectivity index (χ1v) is 6.39. The van der Waals surface area contributed by atoms with Crippen LogP contribution in [0, 0.1) is 6.92 Å². The minimum absolute atomic E-state index is 0.117. The fraction of sp³-hybridized carbons (Fsp3) is 0.462. The van der Waals surface area contributed by atoms with E-state index in [2.05, 4.69) is 4.98 Å². The van der Waals surface area contributed by atoms with Gasteiger partial charge in [0.15, 0.2) is 0 Å². The van der Waals surface area contributed by atoms with Crippen molar-refractivity contribution in [3.8, 4) is 0 Å². The van der Waals surface area contributed by atoms with Crippen LogP contribution in [0.25, 0.3) is 11.0 Å². The minimum atomic E-state index is -0.956. The lowest BCUT2D eigenvalue weighted by molar-refractivity contribution is -0.137. The lowest BCUT2D eigenvalue weighted by Gasteiger charge is -2.17. The van der Waals surface area contributed by atoms with Gasteiger partial charge in [-0.15, -0.1) is 0 Å². The molecule has 3 rings (SSSR count). The van der Waals surface area contributed by atoms with E-state index in [0.717, 1.165) is 30.8 Å². The van der Waals surface area contributed by atoms with Crippen molar-refractivity contribution >= 4 is 17.0 Å². The highest BCUT2D eigenvalue weighted by atomic mass is 16.4. The Labute approximate surface area is 109 Å². The zero-order valence-electron chi connectivity index (χ0n) is 10.7. The van der Waals surface area contributed by atoms with Gasteiger partial charge in [-0.05, 0) is 25.8 Å². The number of carboxylic acid groups (broad SMARTS) is 1. The van der Waals surface area contributed by atoms with Gasteiger partial charge in [-0.2, -0.15) is 0 Å². The zero-order valence-corrected chi connectivity index (χ0v) is 10.7. The van der Waals surface area contributed by atoms with Crippen LogP contribution in [0.3, 0.4) is 0 Å². The molecule has 0 aromatic carbocycles. The van der Waals surface area contributed by atoms with E-state index >= 15 is 0 Å². The molecular formula is C13H15N3O3. The summed E-state index contributed by atoms with van der Waals surface area (Å²) in [5.41, 5.74) is 1.65. The average molecular weight is 261 g/mol. The molecule has 0 atom stereocenters. The Hall–Kier alpha value is -2.11. The molecule has 0 aliphatic carbocycles. The van der Waals surface area contributed by atoms with E-state index in [1.807, 2.05) is 0 Å². The number of aliphatic carboxylic acids is 1. The van der Waals surface area contributed by atoms with Gasteiger partial charge in [0.05, 0.1) is 5.52 Å². The van der Waals surface area contributed by atoms with Crippen molar-refractivity contribution in [1.82, 2.24) is 14.1 Å². The second kappa shape index (κ2) is 4.22. The molecule has 0 unspecified atom stereocenters. The summed E-state index contributed by atoms with van der Waals surface area (Å²) >= 11 is 0. The van der Waals surface area contributed by atoms with Gasteiger partial charge in [0.1, 0.15) is 17.9 Å². The van der Waals surface area contributed by atoms with E-state index in [-0.39, 0.29) is 12.1 Å². The summed E-state index contributed by atoms with van der Waals surface area (Å²) in [6.45, 7) is 2.27. The molecule has 0 spiro atoms. The largest absolute Gasteiger partial charge is 0.480 e. The maximum atomic E-state index is 12.5. The second-order valence-corrected chi connectivity index (χ2v) is 4.94. The van der Waals surface area contributed by atoms with E-state index in [1.165, 1.54) is 4.57 Å². The Morgan fingerprint density at radius 2 is 2.26 bits per heavy atom. The molecule has 6 heteroatoms. The highest BCUT2D eigenvalue weighted by molar-refractivity contribution is 5.78. The summed E-state index contributed by atoms with van der Waals surface area (Å²) in [5, 5.41) is 8.95. The van der Waals surface area contributed by atoms with Crippen molar-refractivity contribution in [2.75, 3.05) is 0 Å². The molecule has 19 heavy (non-hydrogen) atoms. The molecule has 0 saturated carbocycles. The molecule has 0 radical (unpaired) electrons. The number of aromatic nitrogens is 3. The summed E-state index contributed by atoms with van der Waals surface area (Å²) < 4.78 is 3.22. The van der Waals surface area contributed by atoms with E-state index in [9.17, 15) is 9.59 Å². The third-order valence-corrected chi connectivity index (χ3v) is 3.62. The average Bonchev–Trinajstić information content (AvgIpc) is 2.66. The molecule has 100 valence electrons. The van der Waals surface area contributed by atoms with E-state index in [1.54, 1.807) is 17.6 Å². The number of hydrogen-bond donors (Lipinski definition) is 1. The molecule has 0 amide bonds. The highest BCUT2D eigenvalue weighted by Crippen LogP contribution is 2.18. The van der Waals surface area contributed by atoms with Crippen LogP contribution in [-0.2, 0) is 24.3 Å². The van der Waals surface area contributed by atoms with Gasteiger partial charge < -0.3 is 9.67 Å². The molecular weight excluding hydrogens is 246 g/mol. The molecule has 1 N–H and O–H groups in total. The summed E-state index contributed by atoms with van der Waals surface area (Å²) in [4.78, 5) is 27.9. The van der Waals surface area contributed by atoms with Crippen LogP contribution < -0.4 is 5.56 Å². The third kappa shape index (κ3) is 1.83. The molecule has 1 aliphatic rings. The summed E-state index contributed by atoms with van der Waals surface area (Å²) in [6.07, 6.45) is 2.83. The van der Waals surface area contributed by atoms with Crippen molar-refractivity contribution in [3.63, 3.8) is 0 Å². The zero-order chi connectivity index (χ0) is 13.6. The Bertz CT molecular complexity index is 727. The lowest BCUT2D eigenvalue weighted by atomic mass is 10.1. The Balaban J connectivity index is 2.31. The lowest BCUT2D eigenvalue weighted by Crippen LogP contribution is -2.29. The highest BCUT2D eigenvalue weighted by Gasteiger charge is 2.19. The summed E-state index contributed by atoms with van der Waals surface area (Å²) in [7, 11) is 0. The van der Waals surface area contributed by atoms with Crippen LogP contribution in [-0.4, -0.2) is 25.2 Å². The molecule has 2 aromatic heterocycles. The summed E-state index contributed by atoms with van der Waals surface area (Å²) in [5.74, 6) is -0.140. The maximum absolute atomic E-state index is 12.5. The van der Waals surface area contributed by atoms with Crippen LogP contribution in [0.15, 0.2) is 10.9 Å². The first kappa shape index (κ1) is 12.0. The van der Waals surface area contributed by atoms with Crippen molar-refractivity contribution < 1.29 is 9.90 Å². The molecule has 1 aliphatic heterocycles. The van der Waals surface area contributed by atoms with Crippen LogP contribution in [0.2, 0.25) is 0 Å². The van der Waals surface area contributed by atoms with Crippen LogP contribution in [0.1, 0.15) is 24.4 Å². The fourth-order valence-electron chi connectivity index (χ4n) is 2.73. The van der Waals surface area contributed by atoms with Gasteiger partial charge in [0.2, 0.25) is 0 Å². The topological polar surface area (TPSA) is 77.1 Å². The second-order valence-electron chi connectivity index (χ2n) is 4.94. The fourth-order valence-corrected chi connectivity index (χ4v) is 2.73. The van der Waals surface area contributed by atoms with Crippen molar-refractivity contribution in [1.29, 1.82) is 0 Å². The maximum Gasteiger partial charge on any atom is 0.323 e. The van der Waals surface area contributed by atoms with Crippen LogP contribution in [0.5, 0.6) is 0 Å². The number of nitrogens with zero attached hydrogens (tertiary/aromatic N) is 3. The number of rotatable bonds is 2.